The van der Waals surface area contributed by atoms with Gasteiger partial charge in [0.2, 0.25) is 0 Å². The molecule has 0 amide bonds. The van der Waals surface area contributed by atoms with Gasteiger partial charge in [-0.2, -0.15) is 5.10 Å². The summed E-state index contributed by atoms with van der Waals surface area (Å²) >= 11 is 0. The molecular formula is C16H19N4O2P. The summed E-state index contributed by atoms with van der Waals surface area (Å²) in [5, 5.41) is 4.39. The lowest BCUT2D eigenvalue weighted by Crippen LogP contribution is -2.46. The van der Waals surface area contributed by atoms with Crippen molar-refractivity contribution < 1.29 is 9.09 Å². The van der Waals surface area contributed by atoms with E-state index in [-0.39, 0.29) is 0 Å². The SMILES string of the molecule is CN1N=C(Cc2ccccc2)NN(C)P1(=O)Oc1ccccc1. The van der Waals surface area contributed by atoms with E-state index in [2.05, 4.69) is 10.5 Å². The number of hydrogen-bond donors (Lipinski definition) is 1. The smallest absolute Gasteiger partial charge is 0.416 e. The Labute approximate surface area is 135 Å². The maximum absolute atomic E-state index is 13.1. The molecule has 2 aromatic rings. The fourth-order valence-electron chi connectivity index (χ4n) is 2.30. The molecule has 0 bridgehead atoms. The van der Waals surface area contributed by atoms with Crippen molar-refractivity contribution in [3.8, 4) is 5.75 Å². The van der Waals surface area contributed by atoms with Gasteiger partial charge in [0, 0.05) is 20.5 Å². The van der Waals surface area contributed by atoms with Crippen LogP contribution in [-0.2, 0) is 11.0 Å². The summed E-state index contributed by atoms with van der Waals surface area (Å²) in [6.45, 7) is 0. The number of amidine groups is 1. The van der Waals surface area contributed by atoms with Crippen LogP contribution in [0.1, 0.15) is 5.56 Å². The molecule has 120 valence electrons. The van der Waals surface area contributed by atoms with Crippen LogP contribution >= 0.6 is 7.67 Å². The van der Waals surface area contributed by atoms with Crippen LogP contribution in [0, 0.1) is 0 Å². The van der Waals surface area contributed by atoms with Crippen molar-refractivity contribution in [2.24, 2.45) is 5.10 Å². The summed E-state index contributed by atoms with van der Waals surface area (Å²) in [4.78, 5) is 0. The number of benzene rings is 2. The van der Waals surface area contributed by atoms with Crippen molar-refractivity contribution in [3.05, 3.63) is 66.2 Å². The van der Waals surface area contributed by atoms with Crippen molar-refractivity contribution in [1.82, 2.24) is 15.0 Å². The number of hydrogen-bond acceptors (Lipinski definition) is 4. The van der Waals surface area contributed by atoms with Gasteiger partial charge < -0.3 is 4.52 Å². The standard InChI is InChI=1S/C16H19N4O2P/c1-19-17-16(13-14-9-5-3-6-10-14)18-20(2)23(19,21)22-15-11-7-4-8-12-15/h3-12H,13H2,1-2H3,(H,17,18). The van der Waals surface area contributed by atoms with E-state index in [1.165, 1.54) is 9.56 Å². The minimum atomic E-state index is -3.29. The number of para-hydroxylation sites is 1. The van der Waals surface area contributed by atoms with Crippen LogP contribution in [0.5, 0.6) is 5.75 Å². The zero-order chi connectivity index (χ0) is 16.3. The Morgan fingerprint density at radius 3 is 2.26 bits per heavy atom. The summed E-state index contributed by atoms with van der Waals surface area (Å²) in [6, 6.07) is 19.1. The Morgan fingerprint density at radius 1 is 1.04 bits per heavy atom. The Hall–Kier alpha value is -2.30. The Bertz CT molecular complexity index is 736. The molecule has 1 N–H and O–H groups in total. The molecule has 0 spiro atoms. The summed E-state index contributed by atoms with van der Waals surface area (Å²) < 4.78 is 21.7. The quantitative estimate of drug-likeness (QED) is 0.873. The van der Waals surface area contributed by atoms with Crippen molar-refractivity contribution in [2.75, 3.05) is 14.1 Å². The van der Waals surface area contributed by atoms with Crippen LogP contribution in [0.4, 0.5) is 0 Å². The third kappa shape index (κ3) is 3.38. The molecule has 3 rings (SSSR count). The molecule has 1 aliphatic heterocycles. The molecule has 1 aliphatic rings. The molecule has 6 nitrogen and oxygen atoms in total. The van der Waals surface area contributed by atoms with Crippen LogP contribution in [0.3, 0.4) is 0 Å². The van der Waals surface area contributed by atoms with E-state index in [0.717, 1.165) is 5.56 Å². The van der Waals surface area contributed by atoms with E-state index in [9.17, 15) is 4.57 Å². The zero-order valence-electron chi connectivity index (χ0n) is 13.1. The van der Waals surface area contributed by atoms with Crippen LogP contribution in [0.2, 0.25) is 0 Å². The lowest BCUT2D eigenvalue weighted by Gasteiger charge is -2.37. The molecule has 0 radical (unpaired) electrons. The molecule has 1 atom stereocenters. The third-order valence-electron chi connectivity index (χ3n) is 3.48. The maximum Gasteiger partial charge on any atom is 0.455 e. The van der Waals surface area contributed by atoms with Crippen molar-refractivity contribution in [2.45, 2.75) is 6.42 Å². The van der Waals surface area contributed by atoms with E-state index in [4.69, 9.17) is 4.52 Å². The lowest BCUT2D eigenvalue weighted by molar-refractivity contribution is 0.282. The Morgan fingerprint density at radius 2 is 1.65 bits per heavy atom. The molecule has 23 heavy (non-hydrogen) atoms. The fraction of sp³-hybridized carbons (Fsp3) is 0.188. The van der Waals surface area contributed by atoms with Gasteiger partial charge in [-0.25, -0.2) is 9.34 Å². The Kier molecular flexibility index (Phi) is 4.37. The average molecular weight is 330 g/mol. The monoisotopic (exact) mass is 330 g/mol. The molecule has 2 aromatic carbocycles. The average Bonchev–Trinajstić information content (AvgIpc) is 2.55. The van der Waals surface area contributed by atoms with Gasteiger partial charge in [0.05, 0.1) is 0 Å². The van der Waals surface area contributed by atoms with Gasteiger partial charge in [-0.15, -0.1) is 4.78 Å². The largest absolute Gasteiger partial charge is 0.455 e. The topological polar surface area (TPSA) is 57.2 Å². The maximum atomic E-state index is 13.1. The van der Waals surface area contributed by atoms with Crippen LogP contribution < -0.4 is 9.95 Å². The molecule has 1 unspecified atom stereocenters. The van der Waals surface area contributed by atoms with E-state index >= 15 is 0 Å². The first-order valence-corrected chi connectivity index (χ1v) is 8.82. The first-order valence-electron chi connectivity index (χ1n) is 7.29. The normalized spacial score (nSPS) is 21.5. The van der Waals surface area contributed by atoms with E-state index in [0.29, 0.717) is 18.0 Å². The van der Waals surface area contributed by atoms with Gasteiger partial charge in [-0.3, -0.25) is 5.43 Å². The lowest BCUT2D eigenvalue weighted by atomic mass is 10.1. The highest BCUT2D eigenvalue weighted by molar-refractivity contribution is 7.54. The summed E-state index contributed by atoms with van der Waals surface area (Å²) in [5.74, 6) is 1.25. The van der Waals surface area contributed by atoms with E-state index in [1.54, 1.807) is 26.2 Å². The predicted molar refractivity (Wildman–Crippen MR) is 90.9 cm³/mol. The van der Waals surface area contributed by atoms with Gasteiger partial charge in [0.15, 0.2) is 0 Å². The summed E-state index contributed by atoms with van der Waals surface area (Å²) in [6.07, 6.45) is 0.626. The highest BCUT2D eigenvalue weighted by Gasteiger charge is 2.40. The van der Waals surface area contributed by atoms with E-state index < -0.39 is 7.67 Å². The van der Waals surface area contributed by atoms with Crippen LogP contribution in [0.25, 0.3) is 0 Å². The van der Waals surface area contributed by atoms with Crippen molar-refractivity contribution in [3.63, 3.8) is 0 Å². The van der Waals surface area contributed by atoms with Crippen LogP contribution in [-0.4, -0.2) is 29.5 Å². The van der Waals surface area contributed by atoms with E-state index in [1.807, 2.05) is 48.5 Å². The fourth-order valence-corrected chi connectivity index (χ4v) is 3.79. The van der Waals surface area contributed by atoms with Gasteiger partial charge in [-0.05, 0) is 17.7 Å². The number of rotatable bonds is 4. The number of nitrogens with zero attached hydrogens (tertiary/aromatic N) is 3. The second-order valence-corrected chi connectivity index (χ2v) is 7.57. The number of hydrazone groups is 1. The van der Waals surface area contributed by atoms with Crippen molar-refractivity contribution in [1.29, 1.82) is 0 Å². The highest BCUT2D eigenvalue weighted by atomic mass is 31.2. The molecule has 0 aromatic heterocycles. The summed E-state index contributed by atoms with van der Waals surface area (Å²) in [5.41, 5.74) is 4.19. The predicted octanol–water partition coefficient (Wildman–Crippen LogP) is 3.11. The minimum absolute atomic E-state index is 0.540. The molecule has 7 heteroatoms. The highest BCUT2D eigenvalue weighted by Crippen LogP contribution is 2.52. The molecule has 1 heterocycles. The Balaban J connectivity index is 1.79. The minimum Gasteiger partial charge on any atom is -0.416 e. The summed E-state index contributed by atoms with van der Waals surface area (Å²) in [7, 11) is 0.0616. The second kappa shape index (κ2) is 6.44. The first-order chi connectivity index (χ1) is 11.1. The zero-order valence-corrected chi connectivity index (χ0v) is 14.0. The van der Waals surface area contributed by atoms with Gasteiger partial charge in [0.25, 0.3) is 0 Å². The first kappa shape index (κ1) is 15.6. The second-order valence-electron chi connectivity index (χ2n) is 5.23. The molecule has 0 fully saturated rings. The van der Waals surface area contributed by atoms with Crippen molar-refractivity contribution >= 4 is 13.5 Å². The number of nitrogens with one attached hydrogen (secondary N) is 1. The van der Waals surface area contributed by atoms with Gasteiger partial charge in [0.1, 0.15) is 11.6 Å². The van der Waals surface area contributed by atoms with Gasteiger partial charge in [-0.1, -0.05) is 48.5 Å². The molecule has 0 saturated carbocycles. The molecule has 0 aliphatic carbocycles. The molecule has 0 saturated heterocycles. The molecular weight excluding hydrogens is 311 g/mol. The third-order valence-corrected chi connectivity index (χ3v) is 5.61. The van der Waals surface area contributed by atoms with Crippen LogP contribution in [0.15, 0.2) is 65.8 Å². The van der Waals surface area contributed by atoms with Gasteiger partial charge >= 0.3 is 7.67 Å². The number of hydrazine groups is 1.